The summed E-state index contributed by atoms with van der Waals surface area (Å²) < 4.78 is 0. The van der Waals surface area contributed by atoms with Crippen molar-refractivity contribution in [1.29, 1.82) is 0 Å². The van der Waals surface area contributed by atoms with Gasteiger partial charge in [-0.05, 0) is 25.9 Å². The van der Waals surface area contributed by atoms with Crippen LogP contribution in [-0.2, 0) is 4.79 Å². The minimum absolute atomic E-state index is 0.228. The summed E-state index contributed by atoms with van der Waals surface area (Å²) in [6, 6.07) is -0.228. The third kappa shape index (κ3) is 7.33. The maximum atomic E-state index is 11.2. The second-order valence-electron chi connectivity index (χ2n) is 4.52. The zero-order valence-electron chi connectivity index (χ0n) is 10.4. The van der Waals surface area contributed by atoms with Crippen LogP contribution in [-0.4, -0.2) is 43.5 Å². The molecule has 0 aromatic heterocycles. The first-order chi connectivity index (χ1) is 6.97. The molecule has 0 spiro atoms. The highest BCUT2D eigenvalue weighted by molar-refractivity contribution is 5.80. The molecule has 0 rings (SSSR count). The van der Waals surface area contributed by atoms with Crippen LogP contribution in [0.3, 0.4) is 0 Å². The molecule has 0 saturated heterocycles. The molecule has 0 bridgehead atoms. The Balaban J connectivity index is 3.98. The number of hydrogen-bond acceptors (Lipinski definition) is 3. The van der Waals surface area contributed by atoms with Gasteiger partial charge in [0.15, 0.2) is 0 Å². The average molecular weight is 215 g/mol. The van der Waals surface area contributed by atoms with E-state index in [1.54, 1.807) is 0 Å². The number of primary amides is 1. The SMILES string of the molecule is CCCNC(CN(C)CC(C)C)C(N)=O. The summed E-state index contributed by atoms with van der Waals surface area (Å²) in [5, 5.41) is 3.16. The third-order valence-corrected chi connectivity index (χ3v) is 2.16. The molecule has 1 amide bonds. The van der Waals surface area contributed by atoms with E-state index in [9.17, 15) is 4.79 Å². The molecule has 0 aromatic rings. The molecule has 3 N–H and O–H groups in total. The van der Waals surface area contributed by atoms with Crippen LogP contribution < -0.4 is 11.1 Å². The summed E-state index contributed by atoms with van der Waals surface area (Å²) in [6.07, 6.45) is 1.01. The summed E-state index contributed by atoms with van der Waals surface area (Å²) in [5.41, 5.74) is 5.33. The van der Waals surface area contributed by atoms with Crippen molar-refractivity contribution >= 4 is 5.91 Å². The number of nitrogens with two attached hydrogens (primary N) is 1. The van der Waals surface area contributed by atoms with Crippen molar-refractivity contribution < 1.29 is 4.79 Å². The number of hydrogen-bond donors (Lipinski definition) is 2. The minimum Gasteiger partial charge on any atom is -0.368 e. The number of rotatable bonds is 8. The van der Waals surface area contributed by atoms with Gasteiger partial charge in [-0.2, -0.15) is 0 Å². The second kappa shape index (κ2) is 7.65. The Bertz CT molecular complexity index is 183. The van der Waals surface area contributed by atoms with E-state index in [-0.39, 0.29) is 11.9 Å². The van der Waals surface area contributed by atoms with E-state index in [0.717, 1.165) is 19.5 Å². The summed E-state index contributed by atoms with van der Waals surface area (Å²) in [6.45, 7) is 8.90. The van der Waals surface area contributed by atoms with Gasteiger partial charge in [-0.15, -0.1) is 0 Å². The molecular formula is C11H25N3O. The van der Waals surface area contributed by atoms with E-state index in [0.29, 0.717) is 12.5 Å². The average Bonchev–Trinajstić information content (AvgIpc) is 2.10. The highest BCUT2D eigenvalue weighted by Gasteiger charge is 2.16. The van der Waals surface area contributed by atoms with Gasteiger partial charge in [0, 0.05) is 13.1 Å². The van der Waals surface area contributed by atoms with Crippen molar-refractivity contribution in [3.63, 3.8) is 0 Å². The van der Waals surface area contributed by atoms with Gasteiger partial charge in [-0.1, -0.05) is 20.8 Å². The van der Waals surface area contributed by atoms with Gasteiger partial charge in [0.1, 0.15) is 0 Å². The first kappa shape index (κ1) is 14.4. The Morgan fingerprint density at radius 2 is 2.00 bits per heavy atom. The number of nitrogens with zero attached hydrogens (tertiary/aromatic N) is 1. The van der Waals surface area contributed by atoms with Crippen molar-refractivity contribution in [1.82, 2.24) is 10.2 Å². The Morgan fingerprint density at radius 3 is 2.40 bits per heavy atom. The van der Waals surface area contributed by atoms with Gasteiger partial charge >= 0.3 is 0 Å². The van der Waals surface area contributed by atoms with Gasteiger partial charge < -0.3 is 16.0 Å². The highest BCUT2D eigenvalue weighted by Crippen LogP contribution is 1.97. The molecule has 0 radical (unpaired) electrons. The number of carbonyl (C=O) groups is 1. The van der Waals surface area contributed by atoms with E-state index in [1.807, 2.05) is 7.05 Å². The van der Waals surface area contributed by atoms with Crippen molar-refractivity contribution in [3.05, 3.63) is 0 Å². The molecule has 0 saturated carbocycles. The lowest BCUT2D eigenvalue weighted by Gasteiger charge is -2.24. The minimum atomic E-state index is -0.265. The van der Waals surface area contributed by atoms with Crippen LogP contribution in [0.1, 0.15) is 27.2 Å². The molecule has 1 atom stereocenters. The Morgan fingerprint density at radius 1 is 1.40 bits per heavy atom. The third-order valence-electron chi connectivity index (χ3n) is 2.16. The number of carbonyl (C=O) groups excluding carboxylic acids is 1. The summed E-state index contributed by atoms with van der Waals surface area (Å²) in [7, 11) is 2.02. The van der Waals surface area contributed by atoms with Gasteiger partial charge in [-0.3, -0.25) is 4.79 Å². The Hall–Kier alpha value is -0.610. The van der Waals surface area contributed by atoms with Gasteiger partial charge in [0.05, 0.1) is 6.04 Å². The molecule has 0 aliphatic carbocycles. The van der Waals surface area contributed by atoms with Crippen LogP contribution in [0.15, 0.2) is 0 Å². The van der Waals surface area contributed by atoms with Gasteiger partial charge in [-0.25, -0.2) is 0 Å². The molecule has 1 unspecified atom stereocenters. The molecule has 4 heteroatoms. The van der Waals surface area contributed by atoms with Crippen LogP contribution >= 0.6 is 0 Å². The van der Waals surface area contributed by atoms with Gasteiger partial charge in [0.2, 0.25) is 5.91 Å². The van der Waals surface area contributed by atoms with E-state index in [4.69, 9.17) is 5.73 Å². The smallest absolute Gasteiger partial charge is 0.235 e. The van der Waals surface area contributed by atoms with Crippen LogP contribution in [0, 0.1) is 5.92 Å². The first-order valence-corrected chi connectivity index (χ1v) is 5.68. The second-order valence-corrected chi connectivity index (χ2v) is 4.52. The Kier molecular flexibility index (Phi) is 7.34. The molecule has 90 valence electrons. The Labute approximate surface area is 93.2 Å². The van der Waals surface area contributed by atoms with Gasteiger partial charge in [0.25, 0.3) is 0 Å². The fourth-order valence-corrected chi connectivity index (χ4v) is 1.58. The zero-order valence-corrected chi connectivity index (χ0v) is 10.4. The molecule has 0 aliphatic heterocycles. The van der Waals surface area contributed by atoms with Crippen molar-refractivity contribution in [2.24, 2.45) is 11.7 Å². The van der Waals surface area contributed by atoms with Crippen LogP contribution in [0.5, 0.6) is 0 Å². The van der Waals surface area contributed by atoms with Crippen LogP contribution in [0.25, 0.3) is 0 Å². The maximum absolute atomic E-state index is 11.2. The first-order valence-electron chi connectivity index (χ1n) is 5.68. The lowest BCUT2D eigenvalue weighted by atomic mass is 10.2. The molecule has 15 heavy (non-hydrogen) atoms. The summed E-state index contributed by atoms with van der Waals surface area (Å²) in [5.74, 6) is 0.341. The summed E-state index contributed by atoms with van der Waals surface area (Å²) in [4.78, 5) is 13.3. The topological polar surface area (TPSA) is 58.4 Å². The van der Waals surface area contributed by atoms with E-state index in [2.05, 4.69) is 31.0 Å². The lowest BCUT2D eigenvalue weighted by Crippen LogP contribution is -2.49. The normalized spacial score (nSPS) is 13.5. The number of amides is 1. The molecule has 4 nitrogen and oxygen atoms in total. The predicted molar refractivity (Wildman–Crippen MR) is 63.6 cm³/mol. The van der Waals surface area contributed by atoms with Crippen molar-refractivity contribution in [3.8, 4) is 0 Å². The quantitative estimate of drug-likeness (QED) is 0.617. The molecule has 0 heterocycles. The summed E-state index contributed by atoms with van der Waals surface area (Å²) >= 11 is 0. The van der Waals surface area contributed by atoms with Crippen molar-refractivity contribution in [2.45, 2.75) is 33.2 Å². The fraction of sp³-hybridized carbons (Fsp3) is 0.909. The lowest BCUT2D eigenvalue weighted by molar-refractivity contribution is -0.120. The maximum Gasteiger partial charge on any atom is 0.235 e. The fourth-order valence-electron chi connectivity index (χ4n) is 1.58. The molecule has 0 aliphatic rings. The van der Waals surface area contributed by atoms with E-state index in [1.165, 1.54) is 0 Å². The highest BCUT2D eigenvalue weighted by atomic mass is 16.1. The van der Waals surface area contributed by atoms with Crippen LogP contribution in [0.4, 0.5) is 0 Å². The van der Waals surface area contributed by atoms with Crippen molar-refractivity contribution in [2.75, 3.05) is 26.7 Å². The van der Waals surface area contributed by atoms with E-state index < -0.39 is 0 Å². The molecule has 0 fully saturated rings. The largest absolute Gasteiger partial charge is 0.368 e. The molecule has 0 aromatic carbocycles. The number of nitrogens with one attached hydrogen (secondary N) is 1. The standard InChI is InChI=1S/C11H25N3O/c1-5-6-13-10(11(12)15)8-14(4)7-9(2)3/h9-10,13H,5-8H2,1-4H3,(H2,12,15). The van der Waals surface area contributed by atoms with Crippen LogP contribution in [0.2, 0.25) is 0 Å². The number of likely N-dealkylation sites (N-methyl/N-ethyl adjacent to an activating group) is 1. The monoisotopic (exact) mass is 215 g/mol. The van der Waals surface area contributed by atoms with E-state index >= 15 is 0 Å². The molecular weight excluding hydrogens is 190 g/mol. The zero-order chi connectivity index (χ0) is 11.8. The predicted octanol–water partition coefficient (Wildman–Crippen LogP) is 0.428.